The van der Waals surface area contributed by atoms with Gasteiger partial charge in [-0.2, -0.15) is 0 Å². The zero-order chi connectivity index (χ0) is 13.5. The highest BCUT2D eigenvalue weighted by Crippen LogP contribution is 1.96. The summed E-state index contributed by atoms with van der Waals surface area (Å²) in [6.45, 7) is 2.14. The maximum absolute atomic E-state index is 10.5. The van der Waals surface area contributed by atoms with E-state index in [1.807, 2.05) is 6.08 Å². The van der Waals surface area contributed by atoms with Gasteiger partial charge in [0.25, 0.3) is 0 Å². The van der Waals surface area contributed by atoms with E-state index in [1.165, 1.54) is 0 Å². The molecule has 0 saturated heterocycles. The summed E-state index contributed by atoms with van der Waals surface area (Å²) in [6.07, 6.45) is 22.3. The number of rotatable bonds is 10. The maximum Gasteiger partial charge on any atom is 0.217 e. The highest BCUT2D eigenvalue weighted by Gasteiger charge is 1.87. The molecule has 0 atom stereocenters. The largest absolute Gasteiger partial charge is 0.370 e. The van der Waals surface area contributed by atoms with Crippen LogP contribution in [-0.2, 0) is 4.79 Å². The van der Waals surface area contributed by atoms with Crippen molar-refractivity contribution in [3.05, 3.63) is 48.6 Å². The van der Waals surface area contributed by atoms with Crippen LogP contribution in [0.5, 0.6) is 0 Å². The summed E-state index contributed by atoms with van der Waals surface area (Å²) in [6, 6.07) is 0. The molecule has 0 aromatic rings. The number of allylic oxidation sites excluding steroid dienone is 8. The standard InChI is InChI=1S/C16H25NO/c1-2-3-4-5-6-7-8-9-10-11-12-13-14-15-16(17)18/h3-4,6-7,9-10,12-13H,2,5,8,11,14-15H2,1H3,(H2,17,18)/b4-3-,7-6-,10-9-,13-12-. The first-order valence-electron chi connectivity index (χ1n) is 6.65. The van der Waals surface area contributed by atoms with Gasteiger partial charge in [0.2, 0.25) is 5.91 Å². The first-order chi connectivity index (χ1) is 8.77. The first-order valence-corrected chi connectivity index (χ1v) is 6.65. The van der Waals surface area contributed by atoms with E-state index in [1.54, 1.807) is 0 Å². The van der Waals surface area contributed by atoms with Crippen molar-refractivity contribution in [2.45, 2.75) is 45.4 Å². The van der Waals surface area contributed by atoms with Crippen molar-refractivity contribution in [1.29, 1.82) is 0 Å². The van der Waals surface area contributed by atoms with Crippen molar-refractivity contribution < 1.29 is 4.79 Å². The molecule has 2 heteroatoms. The van der Waals surface area contributed by atoms with Gasteiger partial charge in [0.1, 0.15) is 0 Å². The molecule has 0 radical (unpaired) electrons. The second-order valence-corrected chi connectivity index (χ2v) is 4.01. The van der Waals surface area contributed by atoms with E-state index in [-0.39, 0.29) is 5.91 Å². The number of hydrogen-bond acceptors (Lipinski definition) is 1. The quantitative estimate of drug-likeness (QED) is 0.581. The molecule has 0 aliphatic rings. The highest BCUT2D eigenvalue weighted by atomic mass is 16.1. The van der Waals surface area contributed by atoms with Crippen LogP contribution in [0.1, 0.15) is 45.4 Å². The third-order valence-electron chi connectivity index (χ3n) is 2.28. The van der Waals surface area contributed by atoms with Crippen molar-refractivity contribution >= 4 is 5.91 Å². The fraction of sp³-hybridized carbons (Fsp3) is 0.438. The van der Waals surface area contributed by atoms with Crippen LogP contribution in [0.25, 0.3) is 0 Å². The van der Waals surface area contributed by atoms with E-state index >= 15 is 0 Å². The Morgan fingerprint density at radius 3 is 1.72 bits per heavy atom. The summed E-state index contributed by atoms with van der Waals surface area (Å²) >= 11 is 0. The van der Waals surface area contributed by atoms with E-state index in [0.29, 0.717) is 6.42 Å². The lowest BCUT2D eigenvalue weighted by Gasteiger charge is -1.87. The lowest BCUT2D eigenvalue weighted by molar-refractivity contribution is -0.117. The SMILES string of the molecule is CC/C=C\C/C=C\C/C=C\C/C=C\CCC(N)=O. The smallest absolute Gasteiger partial charge is 0.217 e. The normalized spacial score (nSPS) is 12.5. The number of carbonyl (C=O) groups is 1. The lowest BCUT2D eigenvalue weighted by atomic mass is 10.2. The molecule has 0 fully saturated rings. The van der Waals surface area contributed by atoms with Gasteiger partial charge in [0.15, 0.2) is 0 Å². The number of carbonyl (C=O) groups excluding carboxylic acids is 1. The van der Waals surface area contributed by atoms with Crippen LogP contribution in [0.15, 0.2) is 48.6 Å². The van der Waals surface area contributed by atoms with Crippen LogP contribution in [0, 0.1) is 0 Å². The molecule has 0 unspecified atom stereocenters. The number of amides is 1. The molecule has 100 valence electrons. The number of primary amides is 1. The second kappa shape index (κ2) is 13.5. The predicted octanol–water partition coefficient (Wildman–Crippen LogP) is 4.06. The van der Waals surface area contributed by atoms with Gasteiger partial charge in [-0.1, -0.05) is 55.5 Å². The first kappa shape index (κ1) is 16.4. The Morgan fingerprint density at radius 2 is 1.28 bits per heavy atom. The average Bonchev–Trinajstić information content (AvgIpc) is 2.34. The molecule has 0 aromatic heterocycles. The van der Waals surface area contributed by atoms with Gasteiger partial charge >= 0.3 is 0 Å². The van der Waals surface area contributed by atoms with Crippen molar-refractivity contribution in [1.82, 2.24) is 0 Å². The third kappa shape index (κ3) is 14.4. The van der Waals surface area contributed by atoms with Gasteiger partial charge in [-0.05, 0) is 32.1 Å². The Hall–Kier alpha value is -1.57. The summed E-state index contributed by atoms with van der Waals surface area (Å²) in [5.41, 5.74) is 5.03. The van der Waals surface area contributed by atoms with E-state index in [2.05, 4.69) is 49.5 Å². The van der Waals surface area contributed by atoms with Gasteiger partial charge in [-0.15, -0.1) is 0 Å². The minimum absolute atomic E-state index is 0.238. The summed E-state index contributed by atoms with van der Waals surface area (Å²) in [7, 11) is 0. The van der Waals surface area contributed by atoms with E-state index < -0.39 is 0 Å². The Labute approximate surface area is 111 Å². The van der Waals surface area contributed by atoms with Crippen molar-refractivity contribution in [2.24, 2.45) is 5.73 Å². The summed E-state index contributed by atoms with van der Waals surface area (Å²) < 4.78 is 0. The van der Waals surface area contributed by atoms with Gasteiger partial charge in [-0.25, -0.2) is 0 Å². The van der Waals surface area contributed by atoms with Crippen LogP contribution in [0.3, 0.4) is 0 Å². The van der Waals surface area contributed by atoms with E-state index in [9.17, 15) is 4.79 Å². The zero-order valence-electron chi connectivity index (χ0n) is 11.3. The molecule has 0 aromatic carbocycles. The van der Waals surface area contributed by atoms with Gasteiger partial charge in [0, 0.05) is 6.42 Å². The monoisotopic (exact) mass is 247 g/mol. The molecule has 0 rings (SSSR count). The van der Waals surface area contributed by atoms with Gasteiger partial charge in [-0.3, -0.25) is 4.79 Å². The molecule has 0 aliphatic carbocycles. The summed E-state index contributed by atoms with van der Waals surface area (Å²) in [5.74, 6) is -0.238. The Morgan fingerprint density at radius 1 is 0.833 bits per heavy atom. The van der Waals surface area contributed by atoms with E-state index in [4.69, 9.17) is 5.73 Å². The molecular weight excluding hydrogens is 222 g/mol. The molecule has 18 heavy (non-hydrogen) atoms. The molecule has 2 N–H and O–H groups in total. The van der Waals surface area contributed by atoms with Crippen molar-refractivity contribution in [2.75, 3.05) is 0 Å². The van der Waals surface area contributed by atoms with Crippen LogP contribution >= 0.6 is 0 Å². The third-order valence-corrected chi connectivity index (χ3v) is 2.28. The molecular formula is C16H25NO. The number of hydrogen-bond donors (Lipinski definition) is 1. The fourth-order valence-electron chi connectivity index (χ4n) is 1.32. The van der Waals surface area contributed by atoms with Crippen LogP contribution < -0.4 is 5.73 Å². The Bertz CT molecular complexity index is 311. The Kier molecular flexibility index (Phi) is 12.3. The fourth-order valence-corrected chi connectivity index (χ4v) is 1.32. The van der Waals surface area contributed by atoms with E-state index in [0.717, 1.165) is 32.1 Å². The minimum atomic E-state index is -0.238. The molecule has 0 bridgehead atoms. The maximum atomic E-state index is 10.5. The Balaban J connectivity index is 3.42. The van der Waals surface area contributed by atoms with Crippen LogP contribution in [0.2, 0.25) is 0 Å². The van der Waals surface area contributed by atoms with Crippen LogP contribution in [-0.4, -0.2) is 5.91 Å². The molecule has 0 spiro atoms. The van der Waals surface area contributed by atoms with Crippen molar-refractivity contribution in [3.8, 4) is 0 Å². The minimum Gasteiger partial charge on any atom is -0.370 e. The lowest BCUT2D eigenvalue weighted by Crippen LogP contribution is -2.08. The average molecular weight is 247 g/mol. The molecule has 2 nitrogen and oxygen atoms in total. The molecule has 0 saturated carbocycles. The highest BCUT2D eigenvalue weighted by molar-refractivity contribution is 5.73. The van der Waals surface area contributed by atoms with Gasteiger partial charge < -0.3 is 5.73 Å². The molecule has 0 aliphatic heterocycles. The molecule has 0 heterocycles. The molecule has 1 amide bonds. The predicted molar refractivity (Wildman–Crippen MR) is 79.1 cm³/mol. The zero-order valence-corrected chi connectivity index (χ0v) is 11.3. The second-order valence-electron chi connectivity index (χ2n) is 4.01. The number of nitrogens with two attached hydrogens (primary N) is 1. The van der Waals surface area contributed by atoms with Gasteiger partial charge in [0.05, 0.1) is 0 Å². The van der Waals surface area contributed by atoms with Crippen LogP contribution in [0.4, 0.5) is 0 Å². The van der Waals surface area contributed by atoms with Crippen molar-refractivity contribution in [3.63, 3.8) is 0 Å². The summed E-state index contributed by atoms with van der Waals surface area (Å²) in [5, 5.41) is 0. The summed E-state index contributed by atoms with van der Waals surface area (Å²) in [4.78, 5) is 10.5. The topological polar surface area (TPSA) is 43.1 Å².